The Morgan fingerprint density at radius 1 is 0.933 bits per heavy atom. The highest BCUT2D eigenvalue weighted by Crippen LogP contribution is 2.26. The van der Waals surface area contributed by atoms with E-state index in [1.165, 1.54) is 18.7 Å². The summed E-state index contributed by atoms with van der Waals surface area (Å²) in [5.74, 6) is 0.199. The van der Waals surface area contributed by atoms with Crippen molar-refractivity contribution >= 4 is 45.7 Å². The summed E-state index contributed by atoms with van der Waals surface area (Å²) in [5, 5.41) is 16.0. The Balaban J connectivity index is 1.37. The van der Waals surface area contributed by atoms with Gasteiger partial charge in [-0.15, -0.1) is 10.2 Å². The first-order valence-corrected chi connectivity index (χ1v) is 10.2. The number of benzene rings is 3. The fourth-order valence-corrected chi connectivity index (χ4v) is 3.50. The number of thioether (sulfide) groups is 1. The smallest absolute Gasteiger partial charge is 0.277 e. The van der Waals surface area contributed by atoms with Gasteiger partial charge in [0.25, 0.3) is 5.22 Å². The monoisotopic (exact) mass is 418 g/mol. The zero-order valence-corrected chi connectivity index (χ0v) is 16.9. The number of rotatable bonds is 6. The van der Waals surface area contributed by atoms with Crippen LogP contribution in [0.1, 0.15) is 6.92 Å². The van der Waals surface area contributed by atoms with E-state index >= 15 is 0 Å². The van der Waals surface area contributed by atoms with Crippen LogP contribution in [0.2, 0.25) is 0 Å². The highest BCUT2D eigenvalue weighted by Gasteiger charge is 2.12. The van der Waals surface area contributed by atoms with Crippen molar-refractivity contribution in [2.24, 2.45) is 0 Å². The molecule has 2 N–H and O–H groups in total. The summed E-state index contributed by atoms with van der Waals surface area (Å²) in [4.78, 5) is 23.5. The first-order chi connectivity index (χ1) is 14.6. The van der Waals surface area contributed by atoms with Gasteiger partial charge in [0, 0.05) is 29.2 Å². The van der Waals surface area contributed by atoms with Crippen LogP contribution in [0.5, 0.6) is 0 Å². The highest BCUT2D eigenvalue weighted by molar-refractivity contribution is 7.99. The molecule has 0 spiro atoms. The summed E-state index contributed by atoms with van der Waals surface area (Å²) >= 11 is 1.17. The number of hydrogen-bond donors (Lipinski definition) is 2. The first-order valence-electron chi connectivity index (χ1n) is 9.20. The maximum absolute atomic E-state index is 12.4. The number of fused-ring (bicyclic) bond motifs is 1. The summed E-state index contributed by atoms with van der Waals surface area (Å²) in [6.45, 7) is 1.45. The molecule has 0 saturated heterocycles. The molecule has 8 heteroatoms. The van der Waals surface area contributed by atoms with Crippen molar-refractivity contribution in [3.05, 3.63) is 66.7 Å². The van der Waals surface area contributed by atoms with E-state index in [9.17, 15) is 9.59 Å². The van der Waals surface area contributed by atoms with Crippen molar-refractivity contribution in [2.75, 3.05) is 16.4 Å². The van der Waals surface area contributed by atoms with Gasteiger partial charge in [-0.2, -0.15) is 0 Å². The molecular weight excluding hydrogens is 400 g/mol. The molecule has 1 aromatic heterocycles. The van der Waals surface area contributed by atoms with Crippen LogP contribution in [0.25, 0.3) is 22.2 Å². The average Bonchev–Trinajstić information content (AvgIpc) is 3.22. The van der Waals surface area contributed by atoms with Gasteiger partial charge in [-0.1, -0.05) is 48.2 Å². The Labute approximate surface area is 176 Å². The number of carbonyl (C=O) groups is 2. The van der Waals surface area contributed by atoms with Crippen LogP contribution in [0.15, 0.2) is 76.4 Å². The van der Waals surface area contributed by atoms with Crippen LogP contribution in [-0.4, -0.2) is 27.8 Å². The van der Waals surface area contributed by atoms with Crippen molar-refractivity contribution in [1.82, 2.24) is 10.2 Å². The van der Waals surface area contributed by atoms with Crippen LogP contribution in [0.4, 0.5) is 11.4 Å². The molecule has 0 saturated carbocycles. The highest BCUT2D eigenvalue weighted by atomic mass is 32.2. The van der Waals surface area contributed by atoms with Gasteiger partial charge in [0.1, 0.15) is 0 Å². The lowest BCUT2D eigenvalue weighted by atomic mass is 10.1. The number of hydrogen-bond acceptors (Lipinski definition) is 6. The number of nitrogens with one attached hydrogen (secondary N) is 2. The van der Waals surface area contributed by atoms with Crippen LogP contribution >= 0.6 is 11.8 Å². The topological polar surface area (TPSA) is 97.1 Å². The van der Waals surface area contributed by atoms with E-state index in [1.54, 1.807) is 24.3 Å². The molecule has 0 unspecified atom stereocenters. The van der Waals surface area contributed by atoms with Crippen molar-refractivity contribution < 1.29 is 14.0 Å². The van der Waals surface area contributed by atoms with Crippen molar-refractivity contribution in [3.8, 4) is 11.5 Å². The SMILES string of the molecule is CC(=O)Nc1ccc(-c2nnc(SCC(=O)Nc3cccc4ccccc34)o2)cc1. The molecule has 1 heterocycles. The molecule has 0 atom stereocenters. The van der Waals surface area contributed by atoms with Crippen LogP contribution in [0.3, 0.4) is 0 Å². The fourth-order valence-electron chi connectivity index (χ4n) is 2.93. The number of nitrogens with zero attached hydrogens (tertiary/aromatic N) is 2. The third kappa shape index (κ3) is 4.66. The Bertz CT molecular complexity index is 1200. The number of anilines is 2. The van der Waals surface area contributed by atoms with Gasteiger partial charge in [-0.05, 0) is 35.7 Å². The summed E-state index contributed by atoms with van der Waals surface area (Å²) in [7, 11) is 0. The Hall–Kier alpha value is -3.65. The quantitative estimate of drug-likeness (QED) is 0.445. The zero-order valence-electron chi connectivity index (χ0n) is 16.1. The Morgan fingerprint density at radius 3 is 2.50 bits per heavy atom. The third-order valence-corrected chi connectivity index (χ3v) is 5.07. The Morgan fingerprint density at radius 2 is 1.70 bits per heavy atom. The standard InChI is InChI=1S/C22H18N4O3S/c1-14(27)23-17-11-9-16(10-12-17)21-25-26-22(29-21)30-13-20(28)24-19-8-4-6-15-5-2-3-7-18(15)19/h2-12H,13H2,1H3,(H,23,27)(H,24,28). The second kappa shape index (κ2) is 8.79. The van der Waals surface area contributed by atoms with Crippen LogP contribution in [-0.2, 0) is 9.59 Å². The molecule has 0 aliphatic rings. The molecule has 0 aliphatic heterocycles. The minimum Gasteiger partial charge on any atom is -0.411 e. The summed E-state index contributed by atoms with van der Waals surface area (Å²) < 4.78 is 5.63. The van der Waals surface area contributed by atoms with Crippen molar-refractivity contribution in [2.45, 2.75) is 12.1 Å². The summed E-state index contributed by atoms with van der Waals surface area (Å²) in [6.07, 6.45) is 0. The van der Waals surface area contributed by atoms with E-state index in [0.29, 0.717) is 16.8 Å². The molecular formula is C22H18N4O3S. The van der Waals surface area contributed by atoms with Gasteiger partial charge >= 0.3 is 0 Å². The molecule has 150 valence electrons. The fraction of sp³-hybridized carbons (Fsp3) is 0.0909. The normalized spacial score (nSPS) is 10.7. The molecule has 2 amide bonds. The van der Waals surface area contributed by atoms with E-state index < -0.39 is 0 Å². The van der Waals surface area contributed by atoms with Gasteiger partial charge < -0.3 is 15.1 Å². The molecule has 4 aromatic rings. The van der Waals surface area contributed by atoms with E-state index in [0.717, 1.165) is 22.0 Å². The summed E-state index contributed by atoms with van der Waals surface area (Å²) in [6, 6.07) is 20.7. The molecule has 30 heavy (non-hydrogen) atoms. The minimum absolute atomic E-state index is 0.138. The Kier molecular flexibility index (Phi) is 5.76. The van der Waals surface area contributed by atoms with Gasteiger partial charge in [0.2, 0.25) is 17.7 Å². The summed E-state index contributed by atoms with van der Waals surface area (Å²) in [5.41, 5.74) is 2.18. The molecule has 0 aliphatic carbocycles. The van der Waals surface area contributed by atoms with Crippen LogP contribution < -0.4 is 10.6 Å². The van der Waals surface area contributed by atoms with Crippen LogP contribution in [0, 0.1) is 0 Å². The van der Waals surface area contributed by atoms with Gasteiger partial charge in [-0.3, -0.25) is 9.59 Å². The van der Waals surface area contributed by atoms with Crippen molar-refractivity contribution in [1.29, 1.82) is 0 Å². The van der Waals surface area contributed by atoms with Gasteiger partial charge in [0.05, 0.1) is 5.75 Å². The second-order valence-corrected chi connectivity index (χ2v) is 7.42. The minimum atomic E-state index is -0.157. The number of amides is 2. The molecule has 3 aromatic carbocycles. The predicted octanol–water partition coefficient (Wildman–Crippen LogP) is 4.58. The number of aromatic nitrogens is 2. The molecule has 7 nitrogen and oxygen atoms in total. The lowest BCUT2D eigenvalue weighted by Gasteiger charge is -2.07. The molecule has 4 rings (SSSR count). The average molecular weight is 418 g/mol. The van der Waals surface area contributed by atoms with Gasteiger partial charge in [-0.25, -0.2) is 0 Å². The maximum Gasteiger partial charge on any atom is 0.277 e. The van der Waals surface area contributed by atoms with E-state index in [1.807, 2.05) is 42.5 Å². The lowest BCUT2D eigenvalue weighted by molar-refractivity contribution is -0.114. The van der Waals surface area contributed by atoms with Crippen molar-refractivity contribution in [3.63, 3.8) is 0 Å². The zero-order chi connectivity index (χ0) is 20.9. The van der Waals surface area contributed by atoms with Gasteiger partial charge in [0.15, 0.2) is 0 Å². The van der Waals surface area contributed by atoms with E-state index in [-0.39, 0.29) is 17.6 Å². The number of carbonyl (C=O) groups excluding carboxylic acids is 2. The third-order valence-electron chi connectivity index (χ3n) is 4.25. The van der Waals surface area contributed by atoms with E-state index in [2.05, 4.69) is 20.8 Å². The molecule has 0 radical (unpaired) electrons. The maximum atomic E-state index is 12.4. The van der Waals surface area contributed by atoms with E-state index in [4.69, 9.17) is 4.42 Å². The first kappa shape index (κ1) is 19.7. The second-order valence-electron chi connectivity index (χ2n) is 6.50. The lowest BCUT2D eigenvalue weighted by Crippen LogP contribution is -2.14. The predicted molar refractivity (Wildman–Crippen MR) is 117 cm³/mol. The molecule has 0 bridgehead atoms. The largest absolute Gasteiger partial charge is 0.411 e. The molecule has 0 fully saturated rings.